The van der Waals surface area contributed by atoms with Gasteiger partial charge in [0.2, 0.25) is 10.0 Å². The maximum Gasteiger partial charge on any atom is 0.308 e. The van der Waals surface area contributed by atoms with Gasteiger partial charge < -0.3 is 0 Å². The van der Waals surface area contributed by atoms with Crippen molar-refractivity contribution in [2.75, 3.05) is 6.54 Å². The Labute approximate surface area is 144 Å². The Balaban J connectivity index is 2.00. The van der Waals surface area contributed by atoms with Gasteiger partial charge in [0, 0.05) is 6.54 Å². The van der Waals surface area contributed by atoms with Gasteiger partial charge in [-0.3, -0.25) is 9.36 Å². The molecular formula is C17H18N2O3S2. The molecule has 0 aliphatic heterocycles. The number of sulfonamides is 1. The van der Waals surface area contributed by atoms with Gasteiger partial charge in [0.1, 0.15) is 0 Å². The van der Waals surface area contributed by atoms with E-state index < -0.39 is 10.0 Å². The van der Waals surface area contributed by atoms with Crippen molar-refractivity contribution in [2.24, 2.45) is 0 Å². The van der Waals surface area contributed by atoms with Crippen LogP contribution in [0.5, 0.6) is 0 Å². The third kappa shape index (κ3) is 3.43. The first kappa shape index (κ1) is 16.9. The van der Waals surface area contributed by atoms with Crippen LogP contribution in [-0.2, 0) is 16.6 Å². The lowest BCUT2D eigenvalue weighted by atomic mass is 10.2. The lowest BCUT2D eigenvalue weighted by Gasteiger charge is -2.07. The monoisotopic (exact) mass is 362 g/mol. The molecule has 3 aromatic rings. The van der Waals surface area contributed by atoms with E-state index in [1.807, 2.05) is 37.3 Å². The van der Waals surface area contributed by atoms with Crippen LogP contribution >= 0.6 is 11.3 Å². The summed E-state index contributed by atoms with van der Waals surface area (Å²) in [6.45, 7) is 2.77. The summed E-state index contributed by atoms with van der Waals surface area (Å²) in [7, 11) is -3.53. The highest BCUT2D eigenvalue weighted by Gasteiger charge is 2.16. The van der Waals surface area contributed by atoms with E-state index in [1.54, 1.807) is 22.8 Å². The van der Waals surface area contributed by atoms with Gasteiger partial charge in [0.25, 0.3) is 0 Å². The van der Waals surface area contributed by atoms with Gasteiger partial charge in [-0.2, -0.15) is 0 Å². The zero-order valence-corrected chi connectivity index (χ0v) is 14.9. The van der Waals surface area contributed by atoms with Crippen molar-refractivity contribution in [3.05, 3.63) is 63.8 Å². The topological polar surface area (TPSA) is 68.2 Å². The highest BCUT2D eigenvalue weighted by Crippen LogP contribution is 2.22. The van der Waals surface area contributed by atoms with Crippen LogP contribution < -0.4 is 9.60 Å². The fourth-order valence-corrected chi connectivity index (χ4v) is 4.61. The van der Waals surface area contributed by atoms with Crippen molar-refractivity contribution in [1.29, 1.82) is 0 Å². The summed E-state index contributed by atoms with van der Waals surface area (Å²) in [6.07, 6.45) is 0.724. The number of fused-ring (bicyclic) bond motifs is 1. The van der Waals surface area contributed by atoms with Crippen LogP contribution in [-0.4, -0.2) is 19.5 Å². The molecule has 3 rings (SSSR count). The molecule has 0 saturated carbocycles. The molecule has 0 saturated heterocycles. The number of benzene rings is 2. The average Bonchev–Trinajstić information content (AvgIpc) is 2.89. The Bertz CT molecular complexity index is 1010. The largest absolute Gasteiger partial charge is 0.308 e. The van der Waals surface area contributed by atoms with Crippen LogP contribution in [0, 0.1) is 0 Å². The summed E-state index contributed by atoms with van der Waals surface area (Å²) in [5.74, 6) is 0. The van der Waals surface area contributed by atoms with Crippen LogP contribution in [0.1, 0.15) is 18.9 Å². The summed E-state index contributed by atoms with van der Waals surface area (Å²) >= 11 is 1.07. The predicted octanol–water partition coefficient (Wildman–Crippen LogP) is 2.80. The minimum absolute atomic E-state index is 0.0927. The van der Waals surface area contributed by atoms with Gasteiger partial charge in [-0.1, -0.05) is 48.6 Å². The van der Waals surface area contributed by atoms with E-state index in [4.69, 9.17) is 0 Å². The number of hydrogen-bond donors (Lipinski definition) is 1. The number of nitrogens with zero attached hydrogens (tertiary/aromatic N) is 1. The number of aromatic nitrogens is 1. The number of hydrogen-bond acceptors (Lipinski definition) is 4. The smallest absolute Gasteiger partial charge is 0.294 e. The quantitative estimate of drug-likeness (QED) is 0.733. The van der Waals surface area contributed by atoms with Gasteiger partial charge in [0.15, 0.2) is 0 Å². The van der Waals surface area contributed by atoms with E-state index >= 15 is 0 Å². The summed E-state index contributed by atoms with van der Waals surface area (Å²) in [4.78, 5) is 12.4. The molecule has 2 aromatic carbocycles. The Morgan fingerprint density at radius 3 is 2.58 bits per heavy atom. The Morgan fingerprint density at radius 2 is 1.88 bits per heavy atom. The SMILES string of the molecule is CCCNS(=O)(=O)c1ccc2c(c1)sc(=O)n2Cc1ccccc1. The molecule has 1 N–H and O–H groups in total. The highest BCUT2D eigenvalue weighted by atomic mass is 32.2. The molecule has 0 amide bonds. The van der Waals surface area contributed by atoms with Crippen LogP contribution in [0.3, 0.4) is 0 Å². The van der Waals surface area contributed by atoms with Crippen LogP contribution in [0.4, 0.5) is 0 Å². The van der Waals surface area contributed by atoms with Crippen molar-refractivity contribution in [3.8, 4) is 0 Å². The zero-order valence-electron chi connectivity index (χ0n) is 13.2. The number of rotatable bonds is 6. The molecule has 0 unspecified atom stereocenters. The third-order valence-corrected chi connectivity index (χ3v) is 6.08. The molecule has 1 aromatic heterocycles. The van der Waals surface area contributed by atoms with Crippen LogP contribution in [0.2, 0.25) is 0 Å². The molecule has 0 radical (unpaired) electrons. The molecule has 0 atom stereocenters. The van der Waals surface area contributed by atoms with E-state index in [-0.39, 0.29) is 9.77 Å². The van der Waals surface area contributed by atoms with Crippen molar-refractivity contribution in [1.82, 2.24) is 9.29 Å². The van der Waals surface area contributed by atoms with E-state index in [0.717, 1.165) is 28.8 Å². The van der Waals surface area contributed by atoms with E-state index in [0.29, 0.717) is 17.8 Å². The van der Waals surface area contributed by atoms with Crippen molar-refractivity contribution >= 4 is 31.6 Å². The van der Waals surface area contributed by atoms with Gasteiger partial charge >= 0.3 is 4.87 Å². The third-order valence-electron chi connectivity index (χ3n) is 3.68. The van der Waals surface area contributed by atoms with E-state index in [9.17, 15) is 13.2 Å². The van der Waals surface area contributed by atoms with Crippen LogP contribution in [0.25, 0.3) is 10.2 Å². The Hall–Kier alpha value is -1.96. The number of nitrogens with one attached hydrogen (secondary N) is 1. The normalized spacial score (nSPS) is 11.9. The second-order valence-corrected chi connectivity index (χ2v) is 8.23. The maximum absolute atomic E-state index is 12.3. The first-order valence-corrected chi connectivity index (χ1v) is 9.98. The second kappa shape index (κ2) is 6.88. The van der Waals surface area contributed by atoms with Crippen molar-refractivity contribution in [2.45, 2.75) is 24.8 Å². The molecule has 24 heavy (non-hydrogen) atoms. The molecule has 1 heterocycles. The predicted molar refractivity (Wildman–Crippen MR) is 97.1 cm³/mol. The van der Waals surface area contributed by atoms with Gasteiger partial charge in [-0.15, -0.1) is 0 Å². The molecular weight excluding hydrogens is 344 g/mol. The standard InChI is InChI=1S/C17H18N2O3S2/c1-2-10-18-24(21,22)14-8-9-15-16(11-14)23-17(20)19(15)12-13-6-4-3-5-7-13/h3-9,11,18H,2,10,12H2,1H3. The maximum atomic E-state index is 12.3. The van der Waals surface area contributed by atoms with Crippen LogP contribution in [0.15, 0.2) is 58.2 Å². The lowest BCUT2D eigenvalue weighted by Crippen LogP contribution is -2.24. The summed E-state index contributed by atoms with van der Waals surface area (Å²) in [5.41, 5.74) is 1.78. The van der Waals surface area contributed by atoms with Crippen molar-refractivity contribution < 1.29 is 8.42 Å². The van der Waals surface area contributed by atoms with Crippen molar-refractivity contribution in [3.63, 3.8) is 0 Å². The van der Waals surface area contributed by atoms with Gasteiger partial charge in [-0.05, 0) is 30.2 Å². The molecule has 0 aliphatic rings. The fourth-order valence-electron chi connectivity index (χ4n) is 2.45. The summed E-state index contributed by atoms with van der Waals surface area (Å²) < 4.78 is 29.3. The highest BCUT2D eigenvalue weighted by molar-refractivity contribution is 7.89. The fraction of sp³-hybridized carbons (Fsp3) is 0.235. The van der Waals surface area contributed by atoms with Gasteiger partial charge in [0.05, 0.1) is 21.7 Å². The molecule has 0 bridgehead atoms. The Morgan fingerprint density at radius 1 is 1.12 bits per heavy atom. The minimum Gasteiger partial charge on any atom is -0.294 e. The minimum atomic E-state index is -3.53. The molecule has 5 nitrogen and oxygen atoms in total. The Kier molecular flexibility index (Phi) is 4.84. The average molecular weight is 362 g/mol. The molecule has 7 heteroatoms. The van der Waals surface area contributed by atoms with E-state index in [1.165, 1.54) is 0 Å². The summed E-state index contributed by atoms with van der Waals surface area (Å²) in [6, 6.07) is 14.5. The molecule has 0 fully saturated rings. The first-order valence-electron chi connectivity index (χ1n) is 7.68. The zero-order chi connectivity index (χ0) is 17.2. The first-order chi connectivity index (χ1) is 11.5. The van der Waals surface area contributed by atoms with E-state index in [2.05, 4.69) is 4.72 Å². The van der Waals surface area contributed by atoms with Gasteiger partial charge in [-0.25, -0.2) is 13.1 Å². The number of thiazole rings is 1. The summed E-state index contributed by atoms with van der Waals surface area (Å²) in [5, 5.41) is 0. The lowest BCUT2D eigenvalue weighted by molar-refractivity contribution is 0.581. The molecule has 126 valence electrons. The molecule has 0 spiro atoms. The second-order valence-electron chi connectivity index (χ2n) is 5.47. The molecule has 0 aliphatic carbocycles.